The zero-order valence-corrected chi connectivity index (χ0v) is 46.5. The van der Waals surface area contributed by atoms with Crippen LogP contribution >= 0.6 is 7.82 Å². The summed E-state index contributed by atoms with van der Waals surface area (Å²) in [6.07, 6.45) is 42.4. The van der Waals surface area contributed by atoms with Gasteiger partial charge in [-0.3, -0.25) is 18.9 Å². The Labute approximate surface area is 423 Å². The summed E-state index contributed by atoms with van der Waals surface area (Å²) in [5.74, 6) is -0.973. The van der Waals surface area contributed by atoms with Crippen molar-refractivity contribution in [3.8, 4) is 0 Å². The molecule has 0 saturated carbocycles. The van der Waals surface area contributed by atoms with Crippen LogP contribution in [-0.4, -0.2) is 106 Å². The Morgan fingerprint density at radius 2 is 0.768 bits per heavy atom. The molecule has 0 aromatic rings. The Bertz CT molecular complexity index is 1190. The van der Waals surface area contributed by atoms with E-state index in [0.29, 0.717) is 30.3 Å². The van der Waals surface area contributed by atoms with Gasteiger partial charge in [-0.2, -0.15) is 0 Å². The van der Waals surface area contributed by atoms with Gasteiger partial charge in [-0.25, -0.2) is 0 Å². The van der Waals surface area contributed by atoms with Crippen molar-refractivity contribution in [2.45, 2.75) is 277 Å². The number of carbonyl (C=O) groups is 3. The van der Waals surface area contributed by atoms with Gasteiger partial charge < -0.3 is 42.8 Å². The second-order valence-electron chi connectivity index (χ2n) is 20.5. The van der Waals surface area contributed by atoms with Gasteiger partial charge in [0.15, 0.2) is 6.10 Å². The summed E-state index contributed by atoms with van der Waals surface area (Å²) in [5, 5.41) is 19.2. The molecule has 0 radical (unpaired) electrons. The fourth-order valence-electron chi connectivity index (χ4n) is 7.73. The fourth-order valence-corrected chi connectivity index (χ4v) is 8.47. The van der Waals surface area contributed by atoms with Crippen molar-refractivity contribution in [1.29, 1.82) is 0 Å². The van der Waals surface area contributed by atoms with Gasteiger partial charge in [0.25, 0.3) is 7.82 Å². The van der Waals surface area contributed by atoms with Crippen molar-refractivity contribution >= 4 is 25.7 Å². The molecule has 0 rings (SSSR count). The lowest BCUT2D eigenvalue weighted by Crippen LogP contribution is -2.37. The molecule has 0 spiro atoms. The zero-order valence-electron chi connectivity index (χ0n) is 45.6. The van der Waals surface area contributed by atoms with Crippen LogP contribution in [0.25, 0.3) is 0 Å². The number of nitrogens with zero attached hydrogens (tertiary/aromatic N) is 1. The number of phosphoric acid groups is 1. The van der Waals surface area contributed by atoms with E-state index in [1.807, 2.05) is 21.1 Å². The minimum Gasteiger partial charge on any atom is -0.756 e. The number of esters is 3. The van der Waals surface area contributed by atoms with Crippen LogP contribution in [-0.2, 0) is 42.2 Å². The van der Waals surface area contributed by atoms with Crippen LogP contribution in [0.2, 0.25) is 0 Å². The van der Waals surface area contributed by atoms with E-state index < -0.39 is 26.6 Å². The molecule has 14 heteroatoms. The number of quaternary nitrogens is 1. The standard InChI is InChI=1S/C31H60O5.C24H50NO7P/c1-3-5-7-9-11-13-15-17-19-21-23-25-30(33)35-28-29(27-32)36-31(34)26-24-22-20-18-16-14-12-10-8-6-4-2;1-5-6-7-8-9-10-11-12-13-14-15-16-17-18-24(27)30-21-23(26)22-32-33(28,29)31-20-19-25(2,3)4/h29,32H,3-28H2,1-2H3;23,26H,5-22H2,1-4H3/t29-;23-/m01/s1. The summed E-state index contributed by atoms with van der Waals surface area (Å²) in [6.45, 7) is 6.04. The predicted molar refractivity (Wildman–Crippen MR) is 280 cm³/mol. The quantitative estimate of drug-likeness (QED) is 0.0194. The Balaban J connectivity index is 0. The van der Waals surface area contributed by atoms with E-state index in [1.54, 1.807) is 0 Å². The zero-order chi connectivity index (χ0) is 51.5. The fraction of sp³-hybridized carbons (Fsp3) is 0.945. The molecule has 0 bridgehead atoms. The number of phosphoric ester groups is 1. The molecule has 13 nitrogen and oxygen atoms in total. The highest BCUT2D eigenvalue weighted by Crippen LogP contribution is 2.38. The lowest BCUT2D eigenvalue weighted by molar-refractivity contribution is -0.870. The van der Waals surface area contributed by atoms with Crippen molar-refractivity contribution in [2.24, 2.45) is 0 Å². The Morgan fingerprint density at radius 1 is 0.464 bits per heavy atom. The van der Waals surface area contributed by atoms with Gasteiger partial charge in [0.1, 0.15) is 32.5 Å². The largest absolute Gasteiger partial charge is 0.756 e. The number of hydrogen-bond acceptors (Lipinski definition) is 12. The molecule has 3 atom stereocenters. The van der Waals surface area contributed by atoms with Crippen molar-refractivity contribution in [2.75, 3.05) is 60.7 Å². The lowest BCUT2D eigenvalue weighted by atomic mass is 10.0. The Kier molecular flexibility index (Phi) is 51.7. The van der Waals surface area contributed by atoms with Crippen molar-refractivity contribution in [3.05, 3.63) is 0 Å². The molecular formula is C55H110NO12P. The van der Waals surface area contributed by atoms with E-state index in [9.17, 15) is 34.1 Å². The van der Waals surface area contributed by atoms with Gasteiger partial charge in [-0.1, -0.05) is 226 Å². The van der Waals surface area contributed by atoms with Gasteiger partial charge in [0.05, 0.1) is 34.4 Å². The molecular weight excluding hydrogens is 898 g/mol. The van der Waals surface area contributed by atoms with E-state index in [1.165, 1.54) is 167 Å². The van der Waals surface area contributed by atoms with Crippen LogP contribution in [0.15, 0.2) is 0 Å². The Hall–Kier alpha value is -1.60. The average Bonchev–Trinajstić information content (AvgIpc) is 3.31. The normalized spacial score (nSPS) is 13.3. The van der Waals surface area contributed by atoms with Crippen LogP contribution in [0.5, 0.6) is 0 Å². The van der Waals surface area contributed by atoms with E-state index in [0.717, 1.165) is 57.8 Å². The van der Waals surface area contributed by atoms with Crippen molar-refractivity contribution in [1.82, 2.24) is 0 Å². The van der Waals surface area contributed by atoms with Gasteiger partial charge in [-0.05, 0) is 19.3 Å². The molecule has 0 aromatic heterocycles. The first-order valence-corrected chi connectivity index (χ1v) is 29.9. The maximum atomic E-state index is 12.0. The van der Waals surface area contributed by atoms with E-state index >= 15 is 0 Å². The minimum atomic E-state index is -4.48. The molecule has 0 amide bonds. The van der Waals surface area contributed by atoms with Gasteiger partial charge in [0, 0.05) is 19.3 Å². The third kappa shape index (κ3) is 57.2. The monoisotopic (exact) mass is 1010 g/mol. The third-order valence-corrected chi connectivity index (χ3v) is 13.2. The number of carbonyl (C=O) groups excluding carboxylic acids is 3. The second kappa shape index (κ2) is 51.3. The molecule has 69 heavy (non-hydrogen) atoms. The van der Waals surface area contributed by atoms with Crippen LogP contribution < -0.4 is 4.89 Å². The highest BCUT2D eigenvalue weighted by molar-refractivity contribution is 7.45. The highest BCUT2D eigenvalue weighted by atomic mass is 31.2. The topological polar surface area (TPSA) is 178 Å². The summed E-state index contributed by atoms with van der Waals surface area (Å²) in [7, 11) is 1.25. The molecule has 0 heterocycles. The number of unbranched alkanes of at least 4 members (excludes halogenated alkanes) is 32. The Morgan fingerprint density at radius 3 is 1.09 bits per heavy atom. The summed E-state index contributed by atoms with van der Waals surface area (Å²) >= 11 is 0. The predicted octanol–water partition coefficient (Wildman–Crippen LogP) is 13.4. The van der Waals surface area contributed by atoms with Crippen LogP contribution in [0.1, 0.15) is 265 Å². The minimum absolute atomic E-state index is 0.00547. The van der Waals surface area contributed by atoms with Crippen molar-refractivity contribution < 1.29 is 61.8 Å². The first-order valence-electron chi connectivity index (χ1n) is 28.4. The third-order valence-electron chi connectivity index (χ3n) is 12.3. The van der Waals surface area contributed by atoms with Gasteiger partial charge in [0.2, 0.25) is 0 Å². The molecule has 0 saturated heterocycles. The molecule has 0 aliphatic heterocycles. The maximum Gasteiger partial charge on any atom is 0.306 e. The second-order valence-corrected chi connectivity index (χ2v) is 21.9. The van der Waals surface area contributed by atoms with Crippen LogP contribution in [0.4, 0.5) is 0 Å². The average molecular weight is 1010 g/mol. The maximum absolute atomic E-state index is 12.0. The van der Waals surface area contributed by atoms with E-state index in [-0.39, 0.29) is 44.3 Å². The number of likely N-dealkylation sites (N-methyl/N-ethyl adjacent to an activating group) is 1. The molecule has 0 aliphatic carbocycles. The number of ether oxygens (including phenoxy) is 3. The van der Waals surface area contributed by atoms with Gasteiger partial charge in [-0.15, -0.1) is 0 Å². The molecule has 0 aliphatic rings. The first-order chi connectivity index (χ1) is 33.2. The van der Waals surface area contributed by atoms with Crippen molar-refractivity contribution in [3.63, 3.8) is 0 Å². The van der Waals surface area contributed by atoms with E-state index in [2.05, 4.69) is 25.3 Å². The number of aliphatic hydroxyl groups is 2. The number of aliphatic hydroxyl groups excluding tert-OH is 2. The summed E-state index contributed by atoms with van der Waals surface area (Å²) in [5.41, 5.74) is 0. The van der Waals surface area contributed by atoms with E-state index in [4.69, 9.17) is 18.7 Å². The van der Waals surface area contributed by atoms with Gasteiger partial charge >= 0.3 is 17.9 Å². The molecule has 0 fully saturated rings. The van der Waals surface area contributed by atoms with Crippen LogP contribution in [0.3, 0.4) is 0 Å². The molecule has 0 aromatic carbocycles. The number of hydrogen-bond donors (Lipinski definition) is 2. The summed E-state index contributed by atoms with van der Waals surface area (Å²) in [6, 6.07) is 0. The summed E-state index contributed by atoms with van der Waals surface area (Å²) in [4.78, 5) is 47.4. The number of rotatable bonds is 51. The summed E-state index contributed by atoms with van der Waals surface area (Å²) < 4.78 is 37.1. The molecule has 1 unspecified atom stereocenters. The first kappa shape index (κ1) is 69.5. The molecule has 412 valence electrons. The smallest absolute Gasteiger partial charge is 0.306 e. The SMILES string of the molecule is CCCCCCCCCCCCCC(=O)OC[C@H](CO)OC(=O)CCCCCCCCCCCCC.CCCCCCCCCCCCCCCC(=O)OC[C@@H](O)COP(=O)([O-])OCC[N+](C)(C)C. The molecule has 2 N–H and O–H groups in total. The lowest BCUT2D eigenvalue weighted by Gasteiger charge is -2.27. The van der Waals surface area contributed by atoms with Crippen LogP contribution in [0, 0.1) is 0 Å². The highest BCUT2D eigenvalue weighted by Gasteiger charge is 2.18.